The van der Waals surface area contributed by atoms with Crippen molar-refractivity contribution in [2.75, 3.05) is 6.54 Å². The van der Waals surface area contributed by atoms with Crippen LogP contribution < -0.4 is 15.2 Å². The number of hydrogen-bond donors (Lipinski definition) is 3. The lowest BCUT2D eigenvalue weighted by atomic mass is 10.0. The molecule has 14 heavy (non-hydrogen) atoms. The Kier molecular flexibility index (Phi) is 3.52. The van der Waals surface area contributed by atoms with Gasteiger partial charge in [0.05, 0.1) is 0 Å². The van der Waals surface area contributed by atoms with E-state index in [1.54, 1.807) is 6.92 Å². The Morgan fingerprint density at radius 3 is 2.43 bits per heavy atom. The minimum Gasteiger partial charge on any atom is -0.329 e. The highest BCUT2D eigenvalue weighted by molar-refractivity contribution is 7.87. The molecule has 0 spiro atoms. The van der Waals surface area contributed by atoms with Crippen LogP contribution in [-0.4, -0.2) is 26.5 Å². The molecule has 0 aliphatic heterocycles. The summed E-state index contributed by atoms with van der Waals surface area (Å²) in [5.74, 6) is 0. The third-order valence-electron chi connectivity index (χ3n) is 2.51. The zero-order valence-corrected chi connectivity index (χ0v) is 9.52. The average Bonchev–Trinajstić information content (AvgIpc) is 2.86. The van der Waals surface area contributed by atoms with Crippen LogP contribution in [0.1, 0.15) is 33.1 Å². The molecule has 0 saturated heterocycles. The van der Waals surface area contributed by atoms with Crippen molar-refractivity contribution >= 4 is 10.2 Å². The minimum absolute atomic E-state index is 0.131. The molecule has 5 nitrogen and oxygen atoms in total. The van der Waals surface area contributed by atoms with Crippen molar-refractivity contribution in [1.82, 2.24) is 9.44 Å². The summed E-state index contributed by atoms with van der Waals surface area (Å²) in [4.78, 5) is 0. The molecule has 1 unspecified atom stereocenters. The molecule has 0 aromatic carbocycles. The van der Waals surface area contributed by atoms with Gasteiger partial charge >= 0.3 is 0 Å². The van der Waals surface area contributed by atoms with Gasteiger partial charge in [0, 0.05) is 18.1 Å². The molecule has 0 bridgehead atoms. The first kappa shape index (κ1) is 11.9. The number of nitrogens with one attached hydrogen (secondary N) is 2. The van der Waals surface area contributed by atoms with Gasteiger partial charge in [-0.1, -0.05) is 6.92 Å². The highest BCUT2D eigenvalue weighted by Crippen LogP contribution is 2.20. The SMILES string of the molecule is CCC(C)(CN)NS(=O)(=O)NC1CC1. The van der Waals surface area contributed by atoms with Crippen molar-refractivity contribution in [3.8, 4) is 0 Å². The van der Waals surface area contributed by atoms with Gasteiger partial charge in [-0.05, 0) is 26.2 Å². The van der Waals surface area contributed by atoms with Gasteiger partial charge in [-0.15, -0.1) is 0 Å². The Balaban J connectivity index is 2.55. The van der Waals surface area contributed by atoms with E-state index >= 15 is 0 Å². The maximum atomic E-state index is 11.5. The predicted molar refractivity (Wildman–Crippen MR) is 56.0 cm³/mol. The Morgan fingerprint density at radius 1 is 1.50 bits per heavy atom. The lowest BCUT2D eigenvalue weighted by molar-refractivity contribution is 0.408. The van der Waals surface area contributed by atoms with Gasteiger partial charge in [0.25, 0.3) is 10.2 Å². The summed E-state index contributed by atoms with van der Waals surface area (Å²) in [5.41, 5.74) is 4.98. The number of rotatable bonds is 6. The van der Waals surface area contributed by atoms with Crippen molar-refractivity contribution < 1.29 is 8.42 Å². The quantitative estimate of drug-likeness (QED) is 0.576. The van der Waals surface area contributed by atoms with Gasteiger partial charge in [0.1, 0.15) is 0 Å². The second-order valence-corrected chi connectivity index (χ2v) is 5.56. The van der Waals surface area contributed by atoms with Gasteiger partial charge < -0.3 is 5.73 Å². The molecule has 1 atom stereocenters. The summed E-state index contributed by atoms with van der Waals surface area (Å²) in [5, 5.41) is 0. The van der Waals surface area contributed by atoms with E-state index in [9.17, 15) is 8.42 Å². The normalized spacial score (nSPS) is 21.9. The van der Waals surface area contributed by atoms with Gasteiger partial charge in [0.2, 0.25) is 0 Å². The second kappa shape index (κ2) is 4.14. The van der Waals surface area contributed by atoms with E-state index in [1.807, 2.05) is 6.92 Å². The molecule has 1 aliphatic rings. The zero-order chi connectivity index (χ0) is 10.8. The third kappa shape index (κ3) is 3.53. The Bertz CT molecular complexity index is 281. The first-order valence-electron chi connectivity index (χ1n) is 4.92. The molecule has 0 amide bonds. The molecule has 1 rings (SSSR count). The van der Waals surface area contributed by atoms with Crippen LogP contribution in [0.15, 0.2) is 0 Å². The van der Waals surface area contributed by atoms with Crippen LogP contribution in [0.3, 0.4) is 0 Å². The fourth-order valence-corrected chi connectivity index (χ4v) is 2.64. The highest BCUT2D eigenvalue weighted by Gasteiger charge is 2.31. The van der Waals surface area contributed by atoms with Gasteiger partial charge in [-0.25, -0.2) is 0 Å². The zero-order valence-electron chi connectivity index (χ0n) is 8.71. The largest absolute Gasteiger partial charge is 0.329 e. The Labute approximate surface area is 85.6 Å². The molecule has 0 aromatic heterocycles. The fraction of sp³-hybridized carbons (Fsp3) is 1.00. The first-order valence-corrected chi connectivity index (χ1v) is 6.40. The molecule has 84 valence electrons. The molecule has 0 aromatic rings. The van der Waals surface area contributed by atoms with Crippen LogP contribution >= 0.6 is 0 Å². The van der Waals surface area contributed by atoms with E-state index in [-0.39, 0.29) is 6.04 Å². The van der Waals surface area contributed by atoms with Crippen LogP contribution in [0.5, 0.6) is 0 Å². The average molecular weight is 221 g/mol. The molecule has 1 fully saturated rings. The molecule has 0 heterocycles. The lowest BCUT2D eigenvalue weighted by Gasteiger charge is -2.27. The molecule has 0 radical (unpaired) electrons. The first-order chi connectivity index (χ1) is 6.41. The molecule has 1 aliphatic carbocycles. The van der Waals surface area contributed by atoms with E-state index < -0.39 is 15.7 Å². The fourth-order valence-electron chi connectivity index (χ4n) is 1.03. The van der Waals surface area contributed by atoms with Crippen LogP contribution in [-0.2, 0) is 10.2 Å². The Hall–Kier alpha value is -0.170. The monoisotopic (exact) mass is 221 g/mol. The highest BCUT2D eigenvalue weighted by atomic mass is 32.2. The number of nitrogens with two attached hydrogens (primary N) is 1. The van der Waals surface area contributed by atoms with Crippen LogP contribution in [0.4, 0.5) is 0 Å². The van der Waals surface area contributed by atoms with Crippen molar-refractivity contribution in [2.45, 2.75) is 44.7 Å². The minimum atomic E-state index is -3.38. The Morgan fingerprint density at radius 2 is 2.07 bits per heavy atom. The van der Waals surface area contributed by atoms with E-state index in [0.717, 1.165) is 12.8 Å². The smallest absolute Gasteiger partial charge is 0.277 e. The van der Waals surface area contributed by atoms with Crippen LogP contribution in [0.25, 0.3) is 0 Å². The van der Waals surface area contributed by atoms with Crippen LogP contribution in [0, 0.1) is 0 Å². The van der Waals surface area contributed by atoms with Crippen molar-refractivity contribution in [2.24, 2.45) is 5.73 Å². The summed E-state index contributed by atoms with van der Waals surface area (Å²) in [6.07, 6.45) is 2.55. The topological polar surface area (TPSA) is 84.2 Å². The summed E-state index contributed by atoms with van der Waals surface area (Å²) in [7, 11) is -3.38. The lowest BCUT2D eigenvalue weighted by Crippen LogP contribution is -2.54. The third-order valence-corrected chi connectivity index (χ3v) is 3.92. The maximum Gasteiger partial charge on any atom is 0.277 e. The molecular weight excluding hydrogens is 202 g/mol. The maximum absolute atomic E-state index is 11.5. The van der Waals surface area contributed by atoms with E-state index in [2.05, 4.69) is 9.44 Å². The van der Waals surface area contributed by atoms with E-state index in [1.165, 1.54) is 0 Å². The van der Waals surface area contributed by atoms with E-state index in [4.69, 9.17) is 5.73 Å². The molecule has 6 heteroatoms. The second-order valence-electron chi connectivity index (χ2n) is 4.12. The predicted octanol–water partition coefficient (Wildman–Crippen LogP) is -0.300. The van der Waals surface area contributed by atoms with Crippen molar-refractivity contribution in [3.05, 3.63) is 0 Å². The summed E-state index contributed by atoms with van der Waals surface area (Å²) < 4.78 is 28.2. The summed E-state index contributed by atoms with van der Waals surface area (Å²) in [6.45, 7) is 4.01. The molecular formula is C8H19N3O2S. The summed E-state index contributed by atoms with van der Waals surface area (Å²) in [6, 6.07) is 0.131. The van der Waals surface area contributed by atoms with Crippen molar-refractivity contribution in [3.63, 3.8) is 0 Å². The van der Waals surface area contributed by atoms with Gasteiger partial charge in [-0.3, -0.25) is 0 Å². The molecule has 1 saturated carbocycles. The van der Waals surface area contributed by atoms with Gasteiger partial charge in [0.15, 0.2) is 0 Å². The standard InChI is InChI=1S/C8H19N3O2S/c1-3-8(2,6-9)11-14(12,13)10-7-4-5-7/h7,10-11H,3-6,9H2,1-2H3. The molecule has 4 N–H and O–H groups in total. The van der Waals surface area contributed by atoms with Gasteiger partial charge in [-0.2, -0.15) is 17.9 Å². The van der Waals surface area contributed by atoms with Crippen molar-refractivity contribution in [1.29, 1.82) is 0 Å². The number of hydrogen-bond acceptors (Lipinski definition) is 3. The van der Waals surface area contributed by atoms with Crippen LogP contribution in [0.2, 0.25) is 0 Å². The van der Waals surface area contributed by atoms with E-state index in [0.29, 0.717) is 13.0 Å². The summed E-state index contributed by atoms with van der Waals surface area (Å²) >= 11 is 0.